The first kappa shape index (κ1) is 30.3. The first-order valence-corrected chi connectivity index (χ1v) is 22.7. The minimum absolute atomic E-state index is 0.0786. The summed E-state index contributed by atoms with van der Waals surface area (Å²) < 4.78 is 124. The van der Waals surface area contributed by atoms with Gasteiger partial charge in [0, 0.05) is 27.1 Å². The molecule has 0 aliphatic rings. The van der Waals surface area contributed by atoms with Crippen molar-refractivity contribution in [2.45, 2.75) is 58.8 Å². The molecule has 5 nitrogen and oxygen atoms in total. The van der Waals surface area contributed by atoms with Gasteiger partial charge >= 0.3 is 0 Å². The van der Waals surface area contributed by atoms with Gasteiger partial charge in [0.1, 0.15) is 17.3 Å². The molecule has 0 saturated carbocycles. The van der Waals surface area contributed by atoms with Crippen molar-refractivity contribution in [2.75, 3.05) is 0 Å². The number of aromatic nitrogens is 4. The molecule has 0 N–H and O–H groups in total. The largest absolute Gasteiger partial charge is 0.458 e. The van der Waals surface area contributed by atoms with Crippen molar-refractivity contribution in [2.24, 2.45) is 0 Å². The lowest BCUT2D eigenvalue weighted by Gasteiger charge is -2.20. The van der Waals surface area contributed by atoms with Gasteiger partial charge in [-0.05, 0) is 125 Å². The molecule has 0 aliphatic carbocycles. The Hall–Kier alpha value is -8.02. The summed E-state index contributed by atoms with van der Waals surface area (Å²) in [6, 6.07) is 39.4. The van der Waals surface area contributed by atoms with Crippen LogP contribution < -0.4 is 9.30 Å². The van der Waals surface area contributed by atoms with Gasteiger partial charge in [0.05, 0.1) is 48.0 Å². The zero-order valence-corrected chi connectivity index (χ0v) is 37.9. The van der Waals surface area contributed by atoms with E-state index in [-0.39, 0.29) is 46.2 Å². The van der Waals surface area contributed by atoms with Gasteiger partial charge in [-0.25, -0.2) is 4.98 Å². The molecule has 332 valence electrons. The van der Waals surface area contributed by atoms with E-state index in [9.17, 15) is 0 Å². The molecule has 11 aromatic rings. The Morgan fingerprint density at radius 2 is 1.35 bits per heavy atom. The molecule has 0 radical (unpaired) electrons. The second kappa shape index (κ2) is 18.0. The lowest BCUT2D eigenvalue weighted by Crippen LogP contribution is -2.33. The molecule has 0 amide bonds. The van der Waals surface area contributed by atoms with Gasteiger partial charge in [-0.15, -0.1) is 0 Å². The summed E-state index contributed by atoms with van der Waals surface area (Å²) in [5.41, 5.74) is 7.76. The van der Waals surface area contributed by atoms with Gasteiger partial charge in [0.2, 0.25) is 6.33 Å². The van der Waals surface area contributed by atoms with Crippen LogP contribution in [0.1, 0.15) is 68.1 Å². The first-order valence-electron chi connectivity index (χ1n) is 29.2. The SMILES string of the molecule is [2H]c1c([2H])c([2H])c(-c2cccc(-c3c([2H])c([2H])c([2H])c([2H])c3[2H])c2CCCC[n+]2[c-]n(-c3cccc(Oc4ccc5c6cc(-c7ccccc7)ccc6n(-c6cc(C(C)(C)C)ccn6)c5c4)c3)c3cccc(C([2H])([2H])[2H])c32)c([2H])c1[2H]. The minimum atomic E-state index is -2.50. The fourth-order valence-electron chi connectivity index (χ4n) is 9.19. The summed E-state index contributed by atoms with van der Waals surface area (Å²) in [6.07, 6.45) is 6.27. The number of unbranched alkanes of at least 4 members (excludes halogenated alkanes) is 1. The minimum Gasteiger partial charge on any atom is -0.458 e. The normalized spacial score (nSPS) is 14.7. The number of hydrogen-bond acceptors (Lipinski definition) is 2. The number of rotatable bonds is 12. The van der Waals surface area contributed by atoms with E-state index < -0.39 is 67.3 Å². The fraction of sp³-hybridized carbons (Fsp3) is 0.143. The number of pyridine rings is 1. The molecule has 5 heteroatoms. The number of aryl methyl sites for hydroxylation is 2. The van der Waals surface area contributed by atoms with E-state index in [1.165, 1.54) is 0 Å². The maximum Gasteiger partial charge on any atom is 0.244 e. The lowest BCUT2D eigenvalue weighted by atomic mass is 9.88. The van der Waals surface area contributed by atoms with Crippen LogP contribution in [0.25, 0.3) is 77.7 Å². The third kappa shape index (κ3) is 8.26. The van der Waals surface area contributed by atoms with Crippen molar-refractivity contribution in [3.05, 3.63) is 229 Å². The Balaban J connectivity index is 0.950. The number of fused-ring (bicyclic) bond motifs is 4. The van der Waals surface area contributed by atoms with Crippen molar-refractivity contribution in [1.82, 2.24) is 14.1 Å². The quantitative estimate of drug-likeness (QED) is 0.0696. The van der Waals surface area contributed by atoms with Crippen molar-refractivity contribution in [3.63, 3.8) is 0 Å². The van der Waals surface area contributed by atoms with Gasteiger partial charge in [-0.2, -0.15) is 0 Å². The molecule has 0 bridgehead atoms. The van der Waals surface area contributed by atoms with Crippen molar-refractivity contribution < 1.29 is 27.1 Å². The zero-order valence-electron chi connectivity index (χ0n) is 50.9. The summed E-state index contributed by atoms with van der Waals surface area (Å²) >= 11 is 0. The van der Waals surface area contributed by atoms with Crippen LogP contribution in [0.5, 0.6) is 11.5 Å². The maximum atomic E-state index is 8.88. The number of imidazole rings is 1. The highest BCUT2D eigenvalue weighted by atomic mass is 16.5. The smallest absolute Gasteiger partial charge is 0.244 e. The standard InChI is InChI=1S/C63H54N4O/c1-44-19-16-31-59-62(44)65(38-15-14-28-55-53(46-22-10-6-11-23-46)29-18-30-54(55)47-24-12-7-13-25-47)43-66(59)50-26-17-27-51(41-50)68-52-33-34-56-57-39-48(45-20-8-5-9-21-45)32-35-58(57)67(60(56)42-52)61-40-49(36-37-64-61)63(2,3)4/h5-13,16-27,29-37,39-42H,14-15,28,38H2,1-4H3/i1D3,6D,7D,10D,11D,12D,13D,22D,23D,24D,25D. The molecule has 68 heavy (non-hydrogen) atoms. The van der Waals surface area contributed by atoms with Crippen LogP contribution in [0.15, 0.2) is 206 Å². The molecule has 0 unspecified atom stereocenters. The van der Waals surface area contributed by atoms with Crippen LogP contribution >= 0.6 is 0 Å². The lowest BCUT2D eigenvalue weighted by molar-refractivity contribution is -0.676. The highest BCUT2D eigenvalue weighted by molar-refractivity contribution is 6.10. The van der Waals surface area contributed by atoms with Gasteiger partial charge in [-0.3, -0.25) is 4.57 Å². The Kier molecular flexibility index (Phi) is 8.02. The molecule has 8 aromatic carbocycles. The van der Waals surface area contributed by atoms with Crippen molar-refractivity contribution in [1.29, 1.82) is 0 Å². The van der Waals surface area contributed by atoms with E-state index in [4.69, 9.17) is 27.5 Å². The number of benzene rings is 8. The fourth-order valence-corrected chi connectivity index (χ4v) is 9.19. The summed E-state index contributed by atoms with van der Waals surface area (Å²) in [6.45, 7) is 4.32. The third-order valence-electron chi connectivity index (χ3n) is 12.5. The van der Waals surface area contributed by atoms with E-state index >= 15 is 0 Å². The van der Waals surface area contributed by atoms with Crippen LogP contribution in [0.4, 0.5) is 0 Å². The number of ether oxygens (including phenoxy) is 1. The van der Waals surface area contributed by atoms with E-state index in [0.29, 0.717) is 46.6 Å². The summed E-state index contributed by atoms with van der Waals surface area (Å²) in [5.74, 6) is 1.89. The van der Waals surface area contributed by atoms with E-state index in [1.807, 2.05) is 66.9 Å². The molecule has 3 aromatic heterocycles. The van der Waals surface area contributed by atoms with Crippen LogP contribution in [0.3, 0.4) is 0 Å². The molecule has 0 aliphatic heterocycles. The van der Waals surface area contributed by atoms with Crippen LogP contribution in [-0.2, 0) is 18.4 Å². The highest BCUT2D eigenvalue weighted by Gasteiger charge is 2.20. The monoisotopic (exact) mass is 896 g/mol. The highest BCUT2D eigenvalue weighted by Crippen LogP contribution is 2.39. The average Bonchev–Trinajstić information content (AvgIpc) is 4.13. The Morgan fingerprint density at radius 3 is 2.10 bits per heavy atom. The maximum absolute atomic E-state index is 8.88. The summed E-state index contributed by atoms with van der Waals surface area (Å²) in [4.78, 5) is 4.90. The molecular formula is C63H54N4O. The van der Waals surface area contributed by atoms with Crippen LogP contribution in [0, 0.1) is 13.2 Å². The van der Waals surface area contributed by atoms with Crippen molar-refractivity contribution in [3.8, 4) is 56.4 Å². The van der Waals surface area contributed by atoms with E-state index in [0.717, 1.165) is 44.3 Å². The number of para-hydroxylation sites is 1. The average molecular weight is 896 g/mol. The second-order valence-corrected chi connectivity index (χ2v) is 17.9. The van der Waals surface area contributed by atoms with E-state index in [2.05, 4.69) is 80.2 Å². The summed E-state index contributed by atoms with van der Waals surface area (Å²) in [7, 11) is 0. The molecule has 11 rings (SSSR count). The Labute approximate surface area is 417 Å². The van der Waals surface area contributed by atoms with Gasteiger partial charge in [0.15, 0.2) is 0 Å². The van der Waals surface area contributed by atoms with Gasteiger partial charge in [-0.1, -0.05) is 172 Å². The molecule has 0 spiro atoms. The molecule has 3 heterocycles. The molecule has 0 fully saturated rings. The van der Waals surface area contributed by atoms with Crippen LogP contribution in [-0.4, -0.2) is 14.1 Å². The topological polar surface area (TPSA) is 35.9 Å². The first-order chi connectivity index (χ1) is 38.6. The second-order valence-electron chi connectivity index (χ2n) is 17.9. The number of hydrogen-bond donors (Lipinski definition) is 0. The Bertz CT molecular complexity index is 4170. The van der Waals surface area contributed by atoms with Crippen LogP contribution in [0.2, 0.25) is 0 Å². The molecule has 0 saturated heterocycles. The number of nitrogens with zero attached hydrogens (tertiary/aromatic N) is 4. The van der Waals surface area contributed by atoms with Gasteiger partial charge < -0.3 is 13.9 Å². The Morgan fingerprint density at radius 1 is 0.618 bits per heavy atom. The molecular weight excluding hydrogens is 829 g/mol. The zero-order chi connectivity index (χ0) is 57.4. The summed E-state index contributed by atoms with van der Waals surface area (Å²) in [5, 5.41) is 2.10. The predicted octanol–water partition coefficient (Wildman–Crippen LogP) is 15.6. The molecule has 0 atom stereocenters. The predicted molar refractivity (Wildman–Crippen MR) is 280 cm³/mol. The van der Waals surface area contributed by atoms with Gasteiger partial charge in [0.25, 0.3) is 0 Å². The third-order valence-corrected chi connectivity index (χ3v) is 12.5. The van der Waals surface area contributed by atoms with E-state index in [1.54, 1.807) is 39.5 Å². The van der Waals surface area contributed by atoms with Crippen molar-refractivity contribution >= 4 is 32.8 Å².